The third kappa shape index (κ3) is 2.78. The summed E-state index contributed by atoms with van der Waals surface area (Å²) < 4.78 is 7.54. The van der Waals surface area contributed by atoms with Crippen molar-refractivity contribution in [3.63, 3.8) is 0 Å². The number of methoxy groups -OCH3 is 1. The maximum Gasteiger partial charge on any atom is 0.119 e. The number of nitrogens with zero attached hydrogens (tertiary/aromatic N) is 2. The van der Waals surface area contributed by atoms with Crippen molar-refractivity contribution < 1.29 is 4.74 Å². The summed E-state index contributed by atoms with van der Waals surface area (Å²) in [7, 11) is 1.67. The Kier molecular flexibility index (Phi) is 3.98. The van der Waals surface area contributed by atoms with Crippen LogP contribution in [-0.4, -0.2) is 17.9 Å². The number of rotatable bonds is 4. The number of para-hydroxylation sites is 1. The van der Waals surface area contributed by atoms with Crippen molar-refractivity contribution in [2.45, 2.75) is 13.5 Å². The molecule has 0 aliphatic heterocycles. The highest BCUT2D eigenvalue weighted by Gasteiger charge is 2.08. The maximum absolute atomic E-state index is 5.18. The van der Waals surface area contributed by atoms with Gasteiger partial charge in [0.2, 0.25) is 0 Å². The van der Waals surface area contributed by atoms with Crippen LogP contribution in [0.5, 0.6) is 5.75 Å². The molecule has 1 heterocycles. The Morgan fingerprint density at radius 3 is 2.44 bits per heavy atom. The summed E-state index contributed by atoms with van der Waals surface area (Å²) in [5.41, 5.74) is 4.56. The summed E-state index contributed by atoms with van der Waals surface area (Å²) in [5, 5.41) is 2.56. The monoisotopic (exact) mass is 328 g/mol. The Morgan fingerprint density at radius 2 is 1.68 bits per heavy atom. The maximum atomic E-state index is 5.18. The van der Waals surface area contributed by atoms with Crippen LogP contribution in [0.25, 0.3) is 21.8 Å². The van der Waals surface area contributed by atoms with Gasteiger partial charge in [-0.05, 0) is 55.0 Å². The van der Waals surface area contributed by atoms with E-state index in [0.29, 0.717) is 0 Å². The summed E-state index contributed by atoms with van der Waals surface area (Å²) in [6.45, 7) is 3.15. The SMILES string of the molecule is CCn1c2ccccc2c2cc(C=Nc3ccc(OC)cc3)ccc21. The molecule has 3 heteroatoms. The van der Waals surface area contributed by atoms with Gasteiger partial charge in [-0.1, -0.05) is 24.3 Å². The normalized spacial score (nSPS) is 11.6. The molecule has 0 N–H and O–H groups in total. The number of aryl methyl sites for hydroxylation is 1. The molecule has 0 saturated carbocycles. The first-order chi connectivity index (χ1) is 12.3. The molecule has 4 rings (SSSR count). The molecular formula is C22H20N2O. The Morgan fingerprint density at radius 1 is 0.920 bits per heavy atom. The van der Waals surface area contributed by atoms with Crippen LogP contribution in [0.15, 0.2) is 71.7 Å². The quantitative estimate of drug-likeness (QED) is 0.450. The molecule has 1 aromatic heterocycles. The van der Waals surface area contributed by atoms with Gasteiger partial charge < -0.3 is 9.30 Å². The predicted octanol–water partition coefficient (Wildman–Crippen LogP) is 5.57. The van der Waals surface area contributed by atoms with Crippen molar-refractivity contribution in [3.8, 4) is 5.75 Å². The predicted molar refractivity (Wildman–Crippen MR) is 105 cm³/mol. The minimum absolute atomic E-state index is 0.841. The van der Waals surface area contributed by atoms with Crippen molar-refractivity contribution in [3.05, 3.63) is 72.3 Å². The lowest BCUT2D eigenvalue weighted by Crippen LogP contribution is -1.92. The Balaban J connectivity index is 1.75. The molecule has 3 aromatic carbocycles. The zero-order valence-corrected chi connectivity index (χ0v) is 14.4. The minimum Gasteiger partial charge on any atom is -0.497 e. The molecule has 124 valence electrons. The third-order valence-electron chi connectivity index (χ3n) is 4.55. The highest BCUT2D eigenvalue weighted by Crippen LogP contribution is 2.29. The second-order valence-electron chi connectivity index (χ2n) is 5.99. The van der Waals surface area contributed by atoms with E-state index in [9.17, 15) is 0 Å². The molecule has 3 nitrogen and oxygen atoms in total. The number of hydrogen-bond acceptors (Lipinski definition) is 2. The average Bonchev–Trinajstić information content (AvgIpc) is 3.00. The molecule has 0 fully saturated rings. The van der Waals surface area contributed by atoms with Crippen molar-refractivity contribution in [2.75, 3.05) is 7.11 Å². The van der Waals surface area contributed by atoms with E-state index >= 15 is 0 Å². The highest BCUT2D eigenvalue weighted by molar-refractivity contribution is 6.09. The second-order valence-corrected chi connectivity index (χ2v) is 5.99. The molecular weight excluding hydrogens is 308 g/mol. The van der Waals surface area contributed by atoms with E-state index in [1.807, 2.05) is 30.5 Å². The smallest absolute Gasteiger partial charge is 0.119 e. The number of fused-ring (bicyclic) bond motifs is 3. The average molecular weight is 328 g/mol. The molecule has 0 aliphatic carbocycles. The summed E-state index contributed by atoms with van der Waals surface area (Å²) in [6.07, 6.45) is 1.92. The Bertz CT molecular complexity index is 1060. The fourth-order valence-electron chi connectivity index (χ4n) is 3.31. The second kappa shape index (κ2) is 6.44. The van der Waals surface area contributed by atoms with Crippen molar-refractivity contribution in [2.24, 2.45) is 4.99 Å². The minimum atomic E-state index is 0.841. The van der Waals surface area contributed by atoms with Crippen LogP contribution in [0, 0.1) is 0 Å². The molecule has 0 radical (unpaired) electrons. The zero-order chi connectivity index (χ0) is 17.2. The van der Waals surface area contributed by atoms with Crippen LogP contribution in [0.1, 0.15) is 12.5 Å². The molecule has 0 spiro atoms. The van der Waals surface area contributed by atoms with Crippen molar-refractivity contribution >= 4 is 33.7 Å². The standard InChI is InChI=1S/C22H20N2O/c1-3-24-21-7-5-4-6-19(21)20-14-16(8-13-22(20)24)15-23-17-9-11-18(25-2)12-10-17/h4-15H,3H2,1-2H3. The van der Waals surface area contributed by atoms with Gasteiger partial charge in [0.05, 0.1) is 12.8 Å². The lowest BCUT2D eigenvalue weighted by molar-refractivity contribution is 0.415. The van der Waals surface area contributed by atoms with Gasteiger partial charge in [0.25, 0.3) is 0 Å². The first kappa shape index (κ1) is 15.5. The van der Waals surface area contributed by atoms with E-state index < -0.39 is 0 Å². The van der Waals surface area contributed by atoms with Crippen LogP contribution in [0.2, 0.25) is 0 Å². The molecule has 0 aliphatic rings. The number of ether oxygens (including phenoxy) is 1. The fraction of sp³-hybridized carbons (Fsp3) is 0.136. The molecule has 25 heavy (non-hydrogen) atoms. The number of aromatic nitrogens is 1. The van der Waals surface area contributed by atoms with E-state index in [0.717, 1.165) is 23.5 Å². The molecule has 0 atom stereocenters. The molecule has 0 unspecified atom stereocenters. The van der Waals surface area contributed by atoms with Crippen molar-refractivity contribution in [1.29, 1.82) is 0 Å². The number of benzene rings is 3. The zero-order valence-electron chi connectivity index (χ0n) is 14.4. The first-order valence-electron chi connectivity index (χ1n) is 8.49. The van der Waals surface area contributed by atoms with Crippen molar-refractivity contribution in [1.82, 2.24) is 4.57 Å². The molecule has 0 bridgehead atoms. The lowest BCUT2D eigenvalue weighted by atomic mass is 10.1. The van der Waals surface area contributed by atoms with Crippen LogP contribution in [0.3, 0.4) is 0 Å². The van der Waals surface area contributed by atoms with Crippen LogP contribution < -0.4 is 4.74 Å². The summed E-state index contributed by atoms with van der Waals surface area (Å²) in [5.74, 6) is 0.841. The summed E-state index contributed by atoms with van der Waals surface area (Å²) >= 11 is 0. The summed E-state index contributed by atoms with van der Waals surface area (Å²) in [6, 6.07) is 22.9. The topological polar surface area (TPSA) is 26.5 Å². The Hall–Kier alpha value is -3.07. The van der Waals surface area contributed by atoms with E-state index in [4.69, 9.17) is 4.74 Å². The van der Waals surface area contributed by atoms with Gasteiger partial charge in [0.1, 0.15) is 5.75 Å². The number of aliphatic imine (C=N–C) groups is 1. The summed E-state index contributed by atoms with van der Waals surface area (Å²) in [4.78, 5) is 4.58. The molecule has 0 amide bonds. The van der Waals surface area contributed by atoms with E-state index in [1.54, 1.807) is 7.11 Å². The van der Waals surface area contributed by atoms with Gasteiger partial charge >= 0.3 is 0 Å². The lowest BCUT2D eigenvalue weighted by Gasteiger charge is -2.02. The van der Waals surface area contributed by atoms with E-state index in [1.165, 1.54) is 21.8 Å². The van der Waals surface area contributed by atoms with E-state index in [-0.39, 0.29) is 0 Å². The fourth-order valence-corrected chi connectivity index (χ4v) is 3.31. The highest BCUT2D eigenvalue weighted by atomic mass is 16.5. The third-order valence-corrected chi connectivity index (χ3v) is 4.55. The van der Waals surface area contributed by atoms with Gasteiger partial charge in [-0.15, -0.1) is 0 Å². The van der Waals surface area contributed by atoms with E-state index in [2.05, 4.69) is 58.9 Å². The van der Waals surface area contributed by atoms with Crippen LogP contribution in [0.4, 0.5) is 5.69 Å². The van der Waals surface area contributed by atoms with Gasteiger partial charge in [0, 0.05) is 34.6 Å². The molecule has 4 aromatic rings. The molecule has 0 saturated heterocycles. The van der Waals surface area contributed by atoms with Gasteiger partial charge in [-0.25, -0.2) is 0 Å². The van der Waals surface area contributed by atoms with Crippen LogP contribution in [-0.2, 0) is 6.54 Å². The van der Waals surface area contributed by atoms with Gasteiger partial charge in [0.15, 0.2) is 0 Å². The first-order valence-corrected chi connectivity index (χ1v) is 8.49. The van der Waals surface area contributed by atoms with Gasteiger partial charge in [-0.3, -0.25) is 4.99 Å². The largest absolute Gasteiger partial charge is 0.497 e. The van der Waals surface area contributed by atoms with Gasteiger partial charge in [-0.2, -0.15) is 0 Å². The Labute approximate surface area is 147 Å². The van der Waals surface area contributed by atoms with Crippen LogP contribution >= 0.6 is 0 Å². The number of hydrogen-bond donors (Lipinski definition) is 0.